The molecule has 0 heterocycles. The van der Waals surface area contributed by atoms with Gasteiger partial charge in [0.1, 0.15) is 5.82 Å². The molecule has 2 N–H and O–H groups in total. The van der Waals surface area contributed by atoms with Crippen molar-refractivity contribution in [2.75, 3.05) is 20.1 Å². The Balaban J connectivity index is 2.08. The highest BCUT2D eigenvalue weighted by molar-refractivity contribution is 6.30. The quantitative estimate of drug-likeness (QED) is 0.820. The zero-order valence-electron chi connectivity index (χ0n) is 13.6. The molecule has 0 saturated heterocycles. The van der Waals surface area contributed by atoms with Gasteiger partial charge in [0.2, 0.25) is 0 Å². The lowest BCUT2D eigenvalue weighted by Gasteiger charge is -2.31. The van der Waals surface area contributed by atoms with Crippen LogP contribution in [0, 0.1) is 5.82 Å². The molecule has 0 radical (unpaired) electrons. The van der Waals surface area contributed by atoms with Crippen molar-refractivity contribution in [2.24, 2.45) is 0 Å². The molecule has 1 aromatic rings. The molecule has 1 aliphatic rings. The predicted octanol–water partition coefficient (Wildman–Crippen LogP) is 3.41. The van der Waals surface area contributed by atoms with Crippen molar-refractivity contribution < 1.29 is 19.1 Å². The van der Waals surface area contributed by atoms with Crippen molar-refractivity contribution in [3.05, 3.63) is 34.6 Å². The predicted molar refractivity (Wildman–Crippen MR) is 89.8 cm³/mol. The Morgan fingerprint density at radius 1 is 1.38 bits per heavy atom. The summed E-state index contributed by atoms with van der Waals surface area (Å²) < 4.78 is 14.5. The minimum absolute atomic E-state index is 0.0867. The first kappa shape index (κ1) is 18.5. The van der Waals surface area contributed by atoms with Gasteiger partial charge in [-0.15, -0.1) is 0 Å². The number of carbonyl (C=O) groups is 2. The summed E-state index contributed by atoms with van der Waals surface area (Å²) >= 11 is 5.91. The van der Waals surface area contributed by atoms with Crippen molar-refractivity contribution in [3.8, 4) is 0 Å². The molecule has 24 heavy (non-hydrogen) atoms. The van der Waals surface area contributed by atoms with Crippen LogP contribution in [0.1, 0.15) is 37.7 Å². The van der Waals surface area contributed by atoms with Crippen molar-refractivity contribution >= 4 is 23.6 Å². The first-order chi connectivity index (χ1) is 11.4. The van der Waals surface area contributed by atoms with Crippen LogP contribution in [0.5, 0.6) is 0 Å². The van der Waals surface area contributed by atoms with Gasteiger partial charge in [-0.25, -0.2) is 9.18 Å². The molecule has 0 aromatic heterocycles. The molecule has 132 valence electrons. The third-order valence-corrected chi connectivity index (χ3v) is 4.96. The average Bonchev–Trinajstić information content (AvgIpc) is 3.02. The van der Waals surface area contributed by atoms with Crippen molar-refractivity contribution in [3.63, 3.8) is 0 Å². The number of benzene rings is 1. The highest BCUT2D eigenvalue weighted by atomic mass is 35.5. The fraction of sp³-hybridized carbons (Fsp3) is 0.529. The van der Waals surface area contributed by atoms with Crippen LogP contribution in [0.2, 0.25) is 5.02 Å². The third-order valence-electron chi connectivity index (χ3n) is 4.67. The van der Waals surface area contributed by atoms with E-state index in [1.807, 2.05) is 0 Å². The van der Waals surface area contributed by atoms with Crippen LogP contribution in [0.3, 0.4) is 0 Å². The van der Waals surface area contributed by atoms with E-state index < -0.39 is 17.2 Å². The lowest BCUT2D eigenvalue weighted by Crippen LogP contribution is -2.45. The summed E-state index contributed by atoms with van der Waals surface area (Å²) in [5.41, 5.74) is 0.0825. The SMILES string of the molecule is CN(CCC(=O)O)C(=O)NCC1(c2cccc(Cl)c2F)CCCC1. The molecular weight excluding hydrogens is 335 g/mol. The van der Waals surface area contributed by atoms with Gasteiger partial charge < -0.3 is 15.3 Å². The zero-order chi connectivity index (χ0) is 17.7. The van der Waals surface area contributed by atoms with Gasteiger partial charge in [0.15, 0.2) is 0 Å². The molecule has 1 aliphatic carbocycles. The van der Waals surface area contributed by atoms with Crippen LogP contribution in [-0.2, 0) is 10.2 Å². The number of rotatable bonds is 6. The van der Waals surface area contributed by atoms with Gasteiger partial charge in [0.25, 0.3) is 0 Å². The number of hydrogen-bond acceptors (Lipinski definition) is 2. The molecule has 0 atom stereocenters. The highest BCUT2D eigenvalue weighted by Crippen LogP contribution is 2.42. The topological polar surface area (TPSA) is 69.6 Å². The maximum absolute atomic E-state index is 14.5. The number of urea groups is 1. The lowest BCUT2D eigenvalue weighted by molar-refractivity contribution is -0.137. The largest absolute Gasteiger partial charge is 0.481 e. The summed E-state index contributed by atoms with van der Waals surface area (Å²) in [4.78, 5) is 24.1. The Morgan fingerprint density at radius 3 is 2.67 bits per heavy atom. The molecule has 2 amide bonds. The Labute approximate surface area is 145 Å². The first-order valence-electron chi connectivity index (χ1n) is 8.01. The second kappa shape index (κ2) is 7.83. The maximum Gasteiger partial charge on any atom is 0.317 e. The third kappa shape index (κ3) is 4.17. The molecule has 1 fully saturated rings. The van der Waals surface area contributed by atoms with Gasteiger partial charge in [0.05, 0.1) is 11.4 Å². The van der Waals surface area contributed by atoms with E-state index in [0.29, 0.717) is 12.1 Å². The summed E-state index contributed by atoms with van der Waals surface area (Å²) in [5.74, 6) is -1.38. The van der Waals surface area contributed by atoms with E-state index in [0.717, 1.165) is 25.7 Å². The van der Waals surface area contributed by atoms with E-state index in [9.17, 15) is 14.0 Å². The van der Waals surface area contributed by atoms with Crippen LogP contribution in [0.15, 0.2) is 18.2 Å². The van der Waals surface area contributed by atoms with Gasteiger partial charge in [-0.2, -0.15) is 0 Å². The summed E-state index contributed by atoms with van der Waals surface area (Å²) in [6, 6.07) is 4.61. The Hall–Kier alpha value is -1.82. The molecule has 1 aromatic carbocycles. The van der Waals surface area contributed by atoms with E-state index in [1.165, 1.54) is 11.0 Å². The Morgan fingerprint density at radius 2 is 2.04 bits per heavy atom. The molecule has 0 aliphatic heterocycles. The normalized spacial score (nSPS) is 16.0. The van der Waals surface area contributed by atoms with Gasteiger partial charge >= 0.3 is 12.0 Å². The fourth-order valence-corrected chi connectivity index (χ4v) is 3.43. The molecule has 0 spiro atoms. The standard InChI is InChI=1S/C17H22ClFN2O3/c1-21(10-7-14(22)23)16(24)20-11-17(8-2-3-9-17)12-5-4-6-13(18)15(12)19/h4-6H,2-3,7-11H2,1H3,(H,20,24)(H,22,23). The van der Waals surface area contributed by atoms with Gasteiger partial charge in [-0.1, -0.05) is 36.6 Å². The van der Waals surface area contributed by atoms with Crippen molar-refractivity contribution in [1.29, 1.82) is 0 Å². The van der Waals surface area contributed by atoms with E-state index in [-0.39, 0.29) is 24.0 Å². The summed E-state index contributed by atoms with van der Waals surface area (Å²) in [7, 11) is 1.54. The Bertz CT molecular complexity index is 618. The summed E-state index contributed by atoms with van der Waals surface area (Å²) in [5, 5.41) is 11.6. The number of amides is 2. The number of halogens is 2. The minimum atomic E-state index is -0.956. The molecule has 0 unspecified atom stereocenters. The average molecular weight is 357 g/mol. The molecule has 2 rings (SSSR count). The molecule has 7 heteroatoms. The monoisotopic (exact) mass is 356 g/mol. The fourth-order valence-electron chi connectivity index (χ4n) is 3.25. The van der Waals surface area contributed by atoms with Gasteiger partial charge in [0, 0.05) is 25.6 Å². The number of nitrogens with one attached hydrogen (secondary N) is 1. The van der Waals surface area contributed by atoms with Crippen molar-refractivity contribution in [1.82, 2.24) is 10.2 Å². The maximum atomic E-state index is 14.5. The van der Waals surface area contributed by atoms with E-state index in [1.54, 1.807) is 19.2 Å². The minimum Gasteiger partial charge on any atom is -0.481 e. The number of hydrogen-bond donors (Lipinski definition) is 2. The van der Waals surface area contributed by atoms with Gasteiger partial charge in [-0.05, 0) is 24.5 Å². The number of carboxylic acids is 1. The highest BCUT2D eigenvalue weighted by Gasteiger charge is 2.38. The number of nitrogens with zero attached hydrogens (tertiary/aromatic N) is 1. The smallest absolute Gasteiger partial charge is 0.317 e. The summed E-state index contributed by atoms with van der Waals surface area (Å²) in [6.45, 7) is 0.431. The molecule has 1 saturated carbocycles. The zero-order valence-corrected chi connectivity index (χ0v) is 14.4. The van der Waals surface area contributed by atoms with E-state index in [2.05, 4.69) is 5.32 Å². The van der Waals surface area contributed by atoms with Crippen LogP contribution in [0.25, 0.3) is 0 Å². The first-order valence-corrected chi connectivity index (χ1v) is 8.39. The molecular formula is C17H22ClFN2O3. The van der Waals surface area contributed by atoms with Crippen LogP contribution in [-0.4, -0.2) is 42.1 Å². The van der Waals surface area contributed by atoms with Crippen LogP contribution in [0.4, 0.5) is 9.18 Å². The Kier molecular flexibility index (Phi) is 6.04. The molecule has 5 nitrogen and oxygen atoms in total. The van der Waals surface area contributed by atoms with E-state index >= 15 is 0 Å². The summed E-state index contributed by atoms with van der Waals surface area (Å²) in [6.07, 6.45) is 3.39. The van der Waals surface area contributed by atoms with Crippen molar-refractivity contribution in [2.45, 2.75) is 37.5 Å². The second-order valence-corrected chi connectivity index (χ2v) is 6.72. The van der Waals surface area contributed by atoms with Gasteiger partial charge in [-0.3, -0.25) is 4.79 Å². The lowest BCUT2D eigenvalue weighted by atomic mass is 9.78. The number of carbonyl (C=O) groups excluding carboxylic acids is 1. The van der Waals surface area contributed by atoms with Crippen LogP contribution < -0.4 is 5.32 Å². The van der Waals surface area contributed by atoms with E-state index in [4.69, 9.17) is 16.7 Å². The number of carboxylic acid groups (broad SMARTS) is 1. The number of aliphatic carboxylic acids is 1. The van der Waals surface area contributed by atoms with Crippen LogP contribution >= 0.6 is 11.6 Å². The second-order valence-electron chi connectivity index (χ2n) is 6.31. The molecule has 0 bridgehead atoms.